The lowest BCUT2D eigenvalue weighted by Crippen LogP contribution is -2.41. The van der Waals surface area contributed by atoms with Crippen molar-refractivity contribution in [3.63, 3.8) is 0 Å². The summed E-state index contributed by atoms with van der Waals surface area (Å²) in [5.41, 5.74) is -0.442. The standard InChI is InChI=1S/C17H26N2O3/c1-17(2,3)22-16(21)19-11-8-13(9-12-19)6-7-14-5-4-10-18-15(14)20/h4-5,10,13-14H,6-9,11-12H2,1-3H3. The maximum Gasteiger partial charge on any atom is 0.410 e. The van der Waals surface area contributed by atoms with Gasteiger partial charge in [-0.05, 0) is 58.4 Å². The van der Waals surface area contributed by atoms with E-state index >= 15 is 0 Å². The van der Waals surface area contributed by atoms with Crippen LogP contribution in [0, 0.1) is 11.8 Å². The molecule has 2 aliphatic heterocycles. The van der Waals surface area contributed by atoms with E-state index in [1.807, 2.05) is 32.9 Å². The number of dihydropyridines is 1. The molecule has 2 rings (SSSR count). The second-order valence-corrected chi connectivity index (χ2v) is 7.10. The highest BCUT2D eigenvalue weighted by molar-refractivity contribution is 5.94. The molecule has 0 N–H and O–H groups in total. The highest BCUT2D eigenvalue weighted by Crippen LogP contribution is 2.26. The molecule has 0 radical (unpaired) electrons. The normalized spacial score (nSPS) is 23.0. The van der Waals surface area contributed by atoms with Crippen LogP contribution in [-0.4, -0.2) is 41.8 Å². The number of amides is 2. The fraction of sp³-hybridized carbons (Fsp3) is 0.706. The van der Waals surface area contributed by atoms with Crippen molar-refractivity contribution in [2.75, 3.05) is 13.1 Å². The average molecular weight is 306 g/mol. The van der Waals surface area contributed by atoms with Gasteiger partial charge >= 0.3 is 6.09 Å². The molecule has 5 heteroatoms. The summed E-state index contributed by atoms with van der Waals surface area (Å²) in [7, 11) is 0. The van der Waals surface area contributed by atoms with Gasteiger partial charge in [0.05, 0.1) is 5.92 Å². The van der Waals surface area contributed by atoms with Gasteiger partial charge in [-0.15, -0.1) is 0 Å². The number of carbonyl (C=O) groups excluding carboxylic acids is 2. The van der Waals surface area contributed by atoms with Crippen LogP contribution in [0.25, 0.3) is 0 Å². The van der Waals surface area contributed by atoms with Crippen molar-refractivity contribution in [1.29, 1.82) is 0 Å². The third kappa shape index (κ3) is 4.97. The van der Waals surface area contributed by atoms with E-state index in [1.165, 1.54) is 0 Å². The van der Waals surface area contributed by atoms with E-state index in [0.29, 0.717) is 5.92 Å². The molecule has 5 nitrogen and oxygen atoms in total. The largest absolute Gasteiger partial charge is 0.444 e. The number of hydrogen-bond donors (Lipinski definition) is 0. The van der Waals surface area contributed by atoms with E-state index in [4.69, 9.17) is 4.74 Å². The summed E-state index contributed by atoms with van der Waals surface area (Å²) in [5.74, 6) is 0.480. The number of ether oxygens (including phenoxy) is 1. The fourth-order valence-corrected chi connectivity index (χ4v) is 2.84. The van der Waals surface area contributed by atoms with E-state index in [-0.39, 0.29) is 17.9 Å². The molecule has 1 saturated heterocycles. The number of aliphatic imine (C=N–C) groups is 1. The summed E-state index contributed by atoms with van der Waals surface area (Å²) in [5, 5.41) is 0. The van der Waals surface area contributed by atoms with Crippen LogP contribution in [0.5, 0.6) is 0 Å². The summed E-state index contributed by atoms with van der Waals surface area (Å²) in [4.78, 5) is 29.2. The molecule has 2 heterocycles. The molecular formula is C17H26N2O3. The van der Waals surface area contributed by atoms with Crippen LogP contribution in [0.1, 0.15) is 46.5 Å². The second-order valence-electron chi connectivity index (χ2n) is 7.10. The van der Waals surface area contributed by atoms with E-state index in [2.05, 4.69) is 4.99 Å². The topological polar surface area (TPSA) is 59.0 Å². The Morgan fingerprint density at radius 3 is 2.59 bits per heavy atom. The van der Waals surface area contributed by atoms with Crippen LogP contribution in [0.3, 0.4) is 0 Å². The molecule has 2 aliphatic rings. The molecular weight excluding hydrogens is 280 g/mol. The maximum atomic E-state index is 12.0. The van der Waals surface area contributed by atoms with Gasteiger partial charge in [0.2, 0.25) is 0 Å². The van der Waals surface area contributed by atoms with Crippen molar-refractivity contribution in [2.45, 2.75) is 52.1 Å². The Morgan fingerprint density at radius 1 is 1.32 bits per heavy atom. The second kappa shape index (κ2) is 7.07. The Bertz CT molecular complexity index is 469. The molecule has 0 spiro atoms. The van der Waals surface area contributed by atoms with Crippen molar-refractivity contribution < 1.29 is 14.3 Å². The number of piperidine rings is 1. The van der Waals surface area contributed by atoms with Crippen LogP contribution >= 0.6 is 0 Å². The Labute approximate surface area is 132 Å². The minimum Gasteiger partial charge on any atom is -0.444 e. The van der Waals surface area contributed by atoms with Gasteiger partial charge < -0.3 is 9.64 Å². The molecule has 0 aromatic carbocycles. The summed E-state index contributed by atoms with van der Waals surface area (Å²) >= 11 is 0. The molecule has 2 amide bonds. The summed E-state index contributed by atoms with van der Waals surface area (Å²) in [6.07, 6.45) is 8.94. The molecule has 0 aromatic heterocycles. The average Bonchev–Trinajstić information content (AvgIpc) is 2.45. The quantitative estimate of drug-likeness (QED) is 0.804. The first-order valence-electron chi connectivity index (χ1n) is 8.08. The lowest BCUT2D eigenvalue weighted by Gasteiger charge is -2.33. The molecule has 0 aromatic rings. The van der Waals surface area contributed by atoms with E-state index in [1.54, 1.807) is 11.1 Å². The molecule has 22 heavy (non-hydrogen) atoms. The van der Waals surface area contributed by atoms with E-state index in [0.717, 1.165) is 38.8 Å². The number of likely N-dealkylation sites (tertiary alicyclic amines) is 1. The molecule has 0 bridgehead atoms. The first kappa shape index (κ1) is 16.7. The summed E-state index contributed by atoms with van der Waals surface area (Å²) in [6, 6.07) is 0. The molecule has 1 unspecified atom stereocenters. The minimum absolute atomic E-state index is 0.0336. The molecule has 0 aliphatic carbocycles. The third-order valence-electron chi connectivity index (χ3n) is 4.10. The van der Waals surface area contributed by atoms with Gasteiger partial charge in [0.1, 0.15) is 5.60 Å². The van der Waals surface area contributed by atoms with Gasteiger partial charge in [0.25, 0.3) is 5.91 Å². The molecule has 122 valence electrons. The van der Waals surface area contributed by atoms with Gasteiger partial charge in [-0.1, -0.05) is 6.08 Å². The lowest BCUT2D eigenvalue weighted by atomic mass is 9.88. The number of hydrogen-bond acceptors (Lipinski definition) is 3. The van der Waals surface area contributed by atoms with Crippen LogP contribution in [0.2, 0.25) is 0 Å². The Balaban J connectivity index is 1.71. The predicted octanol–water partition coefficient (Wildman–Crippen LogP) is 3.20. The lowest BCUT2D eigenvalue weighted by molar-refractivity contribution is -0.120. The Hall–Kier alpha value is -1.65. The zero-order valence-electron chi connectivity index (χ0n) is 13.7. The van der Waals surface area contributed by atoms with E-state index in [9.17, 15) is 9.59 Å². The number of carbonyl (C=O) groups is 2. The highest BCUT2D eigenvalue weighted by atomic mass is 16.6. The molecule has 1 fully saturated rings. The zero-order valence-corrected chi connectivity index (χ0v) is 13.7. The van der Waals surface area contributed by atoms with Crippen LogP contribution in [0.15, 0.2) is 17.1 Å². The summed E-state index contributed by atoms with van der Waals surface area (Å²) < 4.78 is 5.40. The van der Waals surface area contributed by atoms with Crippen LogP contribution < -0.4 is 0 Å². The SMILES string of the molecule is CC(C)(C)OC(=O)N1CCC(CCC2C=CC=NC2=O)CC1. The van der Waals surface area contributed by atoms with Gasteiger partial charge in [-0.2, -0.15) is 0 Å². The number of allylic oxidation sites excluding steroid dienone is 1. The third-order valence-corrected chi connectivity index (χ3v) is 4.10. The fourth-order valence-electron chi connectivity index (χ4n) is 2.84. The van der Waals surface area contributed by atoms with Crippen molar-refractivity contribution in [1.82, 2.24) is 4.90 Å². The van der Waals surface area contributed by atoms with Crippen molar-refractivity contribution in [3.8, 4) is 0 Å². The number of rotatable bonds is 3. The molecule has 1 atom stereocenters. The Morgan fingerprint density at radius 2 is 2.00 bits per heavy atom. The monoisotopic (exact) mass is 306 g/mol. The minimum atomic E-state index is -0.442. The van der Waals surface area contributed by atoms with Gasteiger partial charge in [0.15, 0.2) is 0 Å². The van der Waals surface area contributed by atoms with Crippen molar-refractivity contribution in [3.05, 3.63) is 12.2 Å². The van der Waals surface area contributed by atoms with Crippen molar-refractivity contribution in [2.24, 2.45) is 16.8 Å². The first-order chi connectivity index (χ1) is 10.3. The first-order valence-corrected chi connectivity index (χ1v) is 8.08. The molecule has 0 saturated carbocycles. The van der Waals surface area contributed by atoms with Gasteiger partial charge in [-0.3, -0.25) is 4.79 Å². The van der Waals surface area contributed by atoms with Gasteiger partial charge in [-0.25, -0.2) is 9.79 Å². The van der Waals surface area contributed by atoms with Crippen LogP contribution in [0.4, 0.5) is 4.79 Å². The smallest absolute Gasteiger partial charge is 0.410 e. The van der Waals surface area contributed by atoms with E-state index < -0.39 is 5.60 Å². The van der Waals surface area contributed by atoms with Gasteiger partial charge in [0, 0.05) is 19.3 Å². The zero-order chi connectivity index (χ0) is 16.2. The predicted molar refractivity (Wildman–Crippen MR) is 85.9 cm³/mol. The Kier molecular flexibility index (Phi) is 5.37. The van der Waals surface area contributed by atoms with Crippen molar-refractivity contribution >= 4 is 18.2 Å². The van der Waals surface area contributed by atoms with Crippen LogP contribution in [-0.2, 0) is 9.53 Å². The maximum absolute atomic E-state index is 12.0. The number of nitrogens with zero attached hydrogens (tertiary/aromatic N) is 2. The highest BCUT2D eigenvalue weighted by Gasteiger charge is 2.27. The summed E-state index contributed by atoms with van der Waals surface area (Å²) in [6.45, 7) is 7.14.